The molecule has 7 nitrogen and oxygen atoms in total. The van der Waals surface area contributed by atoms with Gasteiger partial charge in [0.25, 0.3) is 0 Å². The number of halogens is 1. The molecule has 1 unspecified atom stereocenters. The van der Waals surface area contributed by atoms with Crippen LogP contribution in [0.15, 0.2) is 47.1 Å². The number of benzene rings is 1. The number of piperidine rings is 1. The summed E-state index contributed by atoms with van der Waals surface area (Å²) in [5.41, 5.74) is 2.07. The van der Waals surface area contributed by atoms with Gasteiger partial charge < -0.3 is 15.1 Å². The van der Waals surface area contributed by atoms with Crippen molar-refractivity contribution in [2.75, 3.05) is 29.9 Å². The van der Waals surface area contributed by atoms with Gasteiger partial charge in [0.05, 0.1) is 5.92 Å². The second-order valence-corrected chi connectivity index (χ2v) is 9.29. The predicted octanol–water partition coefficient (Wildman–Crippen LogP) is 3.64. The van der Waals surface area contributed by atoms with Crippen molar-refractivity contribution in [1.82, 2.24) is 9.88 Å². The van der Waals surface area contributed by atoms with Crippen LogP contribution in [0.3, 0.4) is 0 Å². The molecule has 2 aromatic rings. The van der Waals surface area contributed by atoms with Gasteiger partial charge in [0.2, 0.25) is 17.7 Å². The lowest BCUT2D eigenvalue weighted by atomic mass is 9.94. The fourth-order valence-corrected chi connectivity index (χ4v) is 4.57. The van der Waals surface area contributed by atoms with Crippen LogP contribution >= 0.6 is 15.9 Å². The number of amides is 3. The zero-order valence-electron chi connectivity index (χ0n) is 18.1. The van der Waals surface area contributed by atoms with Gasteiger partial charge in [-0.05, 0) is 65.0 Å². The molecule has 1 atom stereocenters. The van der Waals surface area contributed by atoms with Gasteiger partial charge in [-0.25, -0.2) is 4.98 Å². The Hall–Kier alpha value is -2.74. The molecule has 32 heavy (non-hydrogen) atoms. The fraction of sp³-hybridized carbons (Fsp3) is 0.417. The number of carbonyl (C=O) groups excluding carboxylic acids is 3. The van der Waals surface area contributed by atoms with Crippen LogP contribution in [-0.4, -0.2) is 47.2 Å². The second kappa shape index (κ2) is 9.81. The third kappa shape index (κ3) is 5.01. The van der Waals surface area contributed by atoms with E-state index in [1.54, 1.807) is 17.2 Å². The van der Waals surface area contributed by atoms with E-state index in [0.717, 1.165) is 16.6 Å². The number of hydrogen-bond acceptors (Lipinski definition) is 4. The minimum absolute atomic E-state index is 0.0103. The van der Waals surface area contributed by atoms with E-state index < -0.39 is 0 Å². The Labute approximate surface area is 196 Å². The van der Waals surface area contributed by atoms with Crippen molar-refractivity contribution >= 4 is 45.2 Å². The summed E-state index contributed by atoms with van der Waals surface area (Å²) in [7, 11) is 0. The summed E-state index contributed by atoms with van der Waals surface area (Å²) in [6.07, 6.45) is 4.04. The topological polar surface area (TPSA) is 82.6 Å². The minimum atomic E-state index is -0.328. The number of pyridine rings is 1. The highest BCUT2D eigenvalue weighted by atomic mass is 79.9. The van der Waals surface area contributed by atoms with Crippen LogP contribution < -0.4 is 10.2 Å². The number of nitrogens with one attached hydrogen (secondary N) is 1. The van der Waals surface area contributed by atoms with Crippen molar-refractivity contribution in [3.05, 3.63) is 52.6 Å². The van der Waals surface area contributed by atoms with Crippen LogP contribution in [0.2, 0.25) is 0 Å². The Kier molecular flexibility index (Phi) is 6.89. The number of aryl methyl sites for hydroxylation is 1. The molecule has 3 heterocycles. The number of carbonyl (C=O) groups is 3. The van der Waals surface area contributed by atoms with E-state index in [0.29, 0.717) is 38.3 Å². The van der Waals surface area contributed by atoms with Gasteiger partial charge in [0.1, 0.15) is 5.82 Å². The standard InChI is InChI=1S/C24H27BrN4O3/c1-2-16-3-6-20(7-4-16)29-15-18(13-22(29)30)24(32)28-11-9-17(10-12-28)23(31)27-21-8-5-19(25)14-26-21/h3-8,14,17-18H,2,9-13,15H2,1H3,(H,26,27,31). The molecule has 2 aliphatic heterocycles. The number of hydrogen-bond donors (Lipinski definition) is 1. The fourth-order valence-electron chi connectivity index (χ4n) is 4.33. The lowest BCUT2D eigenvalue weighted by molar-refractivity contribution is -0.138. The zero-order valence-corrected chi connectivity index (χ0v) is 19.7. The van der Waals surface area contributed by atoms with Crippen LogP contribution in [0.4, 0.5) is 11.5 Å². The van der Waals surface area contributed by atoms with Gasteiger partial charge in [-0.1, -0.05) is 19.1 Å². The summed E-state index contributed by atoms with van der Waals surface area (Å²) in [6, 6.07) is 11.5. The summed E-state index contributed by atoms with van der Waals surface area (Å²) in [5.74, 6) is -0.0183. The first-order chi connectivity index (χ1) is 15.4. The molecule has 0 bridgehead atoms. The van der Waals surface area contributed by atoms with E-state index in [1.165, 1.54) is 5.56 Å². The van der Waals surface area contributed by atoms with Gasteiger partial charge in [-0.15, -0.1) is 0 Å². The zero-order chi connectivity index (χ0) is 22.7. The van der Waals surface area contributed by atoms with Gasteiger partial charge in [0, 0.05) is 48.3 Å². The van der Waals surface area contributed by atoms with Crippen molar-refractivity contribution in [3.8, 4) is 0 Å². The monoisotopic (exact) mass is 498 g/mol. The third-order valence-electron chi connectivity index (χ3n) is 6.29. The molecule has 0 aliphatic carbocycles. The molecule has 2 fully saturated rings. The SMILES string of the molecule is CCc1ccc(N2CC(C(=O)N3CCC(C(=O)Nc4ccc(Br)cn4)CC3)CC2=O)cc1. The molecule has 4 rings (SSSR count). The summed E-state index contributed by atoms with van der Waals surface area (Å²) in [6.45, 7) is 3.56. The van der Waals surface area contributed by atoms with Crippen molar-refractivity contribution in [1.29, 1.82) is 0 Å². The normalized spacial score (nSPS) is 19.3. The van der Waals surface area contributed by atoms with Crippen LogP contribution in [-0.2, 0) is 20.8 Å². The minimum Gasteiger partial charge on any atom is -0.342 e. The molecular weight excluding hydrogens is 472 g/mol. The number of anilines is 2. The molecule has 8 heteroatoms. The predicted molar refractivity (Wildman–Crippen MR) is 126 cm³/mol. The Morgan fingerprint density at radius 1 is 1.09 bits per heavy atom. The molecule has 168 valence electrons. The Morgan fingerprint density at radius 3 is 2.44 bits per heavy atom. The number of nitrogens with zero attached hydrogens (tertiary/aromatic N) is 3. The van der Waals surface area contributed by atoms with Crippen molar-refractivity contribution in [2.24, 2.45) is 11.8 Å². The molecule has 3 amide bonds. The summed E-state index contributed by atoms with van der Waals surface area (Å²) in [4.78, 5) is 45.9. The van der Waals surface area contributed by atoms with Gasteiger partial charge >= 0.3 is 0 Å². The Bertz CT molecular complexity index is 985. The quantitative estimate of drug-likeness (QED) is 0.681. The van der Waals surface area contributed by atoms with E-state index in [-0.39, 0.29) is 36.0 Å². The number of aromatic nitrogens is 1. The second-order valence-electron chi connectivity index (χ2n) is 8.38. The summed E-state index contributed by atoms with van der Waals surface area (Å²) >= 11 is 3.33. The van der Waals surface area contributed by atoms with E-state index in [1.807, 2.05) is 35.2 Å². The van der Waals surface area contributed by atoms with E-state index in [2.05, 4.69) is 33.2 Å². The van der Waals surface area contributed by atoms with E-state index in [4.69, 9.17) is 0 Å². The first kappa shape index (κ1) is 22.5. The highest BCUT2D eigenvalue weighted by Gasteiger charge is 2.38. The first-order valence-electron chi connectivity index (χ1n) is 11.0. The average molecular weight is 499 g/mol. The maximum Gasteiger partial charge on any atom is 0.228 e. The molecule has 0 radical (unpaired) electrons. The van der Waals surface area contributed by atoms with Crippen LogP contribution in [0.25, 0.3) is 0 Å². The van der Waals surface area contributed by atoms with Crippen molar-refractivity contribution < 1.29 is 14.4 Å². The molecule has 2 aliphatic rings. The lowest BCUT2D eigenvalue weighted by Crippen LogP contribution is -2.44. The van der Waals surface area contributed by atoms with E-state index in [9.17, 15) is 14.4 Å². The molecule has 2 saturated heterocycles. The molecule has 1 aromatic heterocycles. The third-order valence-corrected chi connectivity index (χ3v) is 6.76. The lowest BCUT2D eigenvalue weighted by Gasteiger charge is -2.32. The maximum absolute atomic E-state index is 13.1. The maximum atomic E-state index is 13.1. The van der Waals surface area contributed by atoms with E-state index >= 15 is 0 Å². The highest BCUT2D eigenvalue weighted by molar-refractivity contribution is 9.10. The molecule has 0 spiro atoms. The van der Waals surface area contributed by atoms with Crippen molar-refractivity contribution in [2.45, 2.75) is 32.6 Å². The smallest absolute Gasteiger partial charge is 0.228 e. The Balaban J connectivity index is 1.29. The molecular formula is C24H27BrN4O3. The van der Waals surface area contributed by atoms with Crippen LogP contribution in [0.5, 0.6) is 0 Å². The van der Waals surface area contributed by atoms with Gasteiger partial charge in [0.15, 0.2) is 0 Å². The summed E-state index contributed by atoms with van der Waals surface area (Å²) < 4.78 is 0.851. The molecule has 0 saturated carbocycles. The number of likely N-dealkylation sites (tertiary alicyclic amines) is 1. The van der Waals surface area contributed by atoms with Crippen LogP contribution in [0, 0.1) is 11.8 Å². The molecule has 1 N–H and O–H groups in total. The van der Waals surface area contributed by atoms with Gasteiger partial charge in [-0.2, -0.15) is 0 Å². The molecule has 1 aromatic carbocycles. The first-order valence-corrected chi connectivity index (χ1v) is 11.8. The van der Waals surface area contributed by atoms with Crippen molar-refractivity contribution in [3.63, 3.8) is 0 Å². The van der Waals surface area contributed by atoms with Crippen LogP contribution in [0.1, 0.15) is 31.7 Å². The Morgan fingerprint density at radius 2 is 1.81 bits per heavy atom. The highest BCUT2D eigenvalue weighted by Crippen LogP contribution is 2.28. The summed E-state index contributed by atoms with van der Waals surface area (Å²) in [5, 5.41) is 2.85. The average Bonchev–Trinajstić information content (AvgIpc) is 3.21. The van der Waals surface area contributed by atoms with Gasteiger partial charge in [-0.3, -0.25) is 14.4 Å². The number of rotatable bonds is 5. The largest absolute Gasteiger partial charge is 0.342 e.